The van der Waals surface area contributed by atoms with Gasteiger partial charge in [-0.05, 0) is 65.9 Å². The van der Waals surface area contributed by atoms with Crippen molar-refractivity contribution < 1.29 is 14.4 Å². The summed E-state index contributed by atoms with van der Waals surface area (Å²) in [5.41, 5.74) is 4.45. The van der Waals surface area contributed by atoms with E-state index in [0.29, 0.717) is 11.4 Å². The summed E-state index contributed by atoms with van der Waals surface area (Å²) in [5.74, 6) is 4.13. The molecule has 0 fully saturated rings. The Morgan fingerprint density at radius 1 is 0.964 bits per heavy atom. The maximum absolute atomic E-state index is 12.2. The van der Waals surface area contributed by atoms with Gasteiger partial charge < -0.3 is 10.6 Å². The maximum Gasteiger partial charge on any atom is 0.247 e. The van der Waals surface area contributed by atoms with Gasteiger partial charge in [0.25, 0.3) is 0 Å². The van der Waals surface area contributed by atoms with Gasteiger partial charge in [0.05, 0.1) is 11.0 Å². The second kappa shape index (κ2) is 11.0. The predicted molar refractivity (Wildman–Crippen MR) is 121 cm³/mol. The first kappa shape index (κ1) is 22.2. The maximum atomic E-state index is 12.2. The molecule has 0 saturated heterocycles. The summed E-state index contributed by atoms with van der Waals surface area (Å²) >= 11 is 3.23. The van der Waals surface area contributed by atoms with Gasteiger partial charge >= 0.3 is 0 Å². The molecule has 5 N–H and O–H groups in total. The summed E-state index contributed by atoms with van der Waals surface area (Å²) in [6.07, 6.45) is -0.0997. The van der Waals surface area contributed by atoms with Crippen LogP contribution in [-0.2, 0) is 14.4 Å². The molecule has 0 aliphatic heterocycles. The van der Waals surface area contributed by atoms with Crippen molar-refractivity contribution in [2.75, 3.05) is 16.4 Å². The van der Waals surface area contributed by atoms with E-state index in [9.17, 15) is 14.4 Å². The largest absolute Gasteiger partial charge is 0.326 e. The van der Waals surface area contributed by atoms with E-state index in [2.05, 4.69) is 33.2 Å². The fraction of sp³-hybridized carbons (Fsp3) is 0.211. The van der Waals surface area contributed by atoms with Gasteiger partial charge in [-0.2, -0.15) is 0 Å². The molecule has 9 heteroatoms. The molecule has 3 amide bonds. The number of amides is 3. The van der Waals surface area contributed by atoms with Gasteiger partial charge in [-0.1, -0.05) is 17.7 Å². The lowest BCUT2D eigenvalue weighted by Gasteiger charge is -2.15. The van der Waals surface area contributed by atoms with Crippen LogP contribution >= 0.6 is 34.4 Å². The highest BCUT2D eigenvalue weighted by Gasteiger charge is 2.23. The molecule has 0 bridgehead atoms. The average molecular weight is 512 g/mol. The first-order valence-corrected chi connectivity index (χ1v) is 10.5. The van der Waals surface area contributed by atoms with Crippen LogP contribution in [-0.4, -0.2) is 28.7 Å². The number of thioether (sulfide) groups is 1. The van der Waals surface area contributed by atoms with Crippen LogP contribution in [0.1, 0.15) is 12.0 Å². The van der Waals surface area contributed by atoms with Gasteiger partial charge in [-0.3, -0.25) is 19.8 Å². The van der Waals surface area contributed by atoms with Crippen molar-refractivity contribution >= 4 is 63.4 Å². The first-order chi connectivity index (χ1) is 13.4. The SMILES string of the molecule is Cc1ccc(NC(=O)CS[C@@H](CC(=O)Nc2ccc(I)cc2)C(=O)NN)cc1. The number of carbonyl (C=O) groups excluding carboxylic acids is 3. The number of halogens is 1. The molecule has 0 spiro atoms. The Morgan fingerprint density at radius 3 is 2.07 bits per heavy atom. The van der Waals surface area contributed by atoms with Crippen LogP contribution in [0.5, 0.6) is 0 Å². The van der Waals surface area contributed by atoms with Crippen molar-refractivity contribution in [1.29, 1.82) is 0 Å². The van der Waals surface area contributed by atoms with E-state index in [1.165, 1.54) is 0 Å². The van der Waals surface area contributed by atoms with E-state index in [-0.39, 0.29) is 24.0 Å². The Bertz CT molecular complexity index is 828. The zero-order valence-corrected chi connectivity index (χ0v) is 18.2. The van der Waals surface area contributed by atoms with E-state index in [1.54, 1.807) is 24.3 Å². The number of rotatable bonds is 8. The lowest BCUT2D eigenvalue weighted by atomic mass is 10.2. The van der Waals surface area contributed by atoms with E-state index >= 15 is 0 Å². The Kier molecular flexibility index (Phi) is 8.74. The molecule has 2 aromatic carbocycles. The highest BCUT2D eigenvalue weighted by molar-refractivity contribution is 14.1. The molecule has 1 atom stereocenters. The molecule has 0 unspecified atom stereocenters. The zero-order valence-electron chi connectivity index (χ0n) is 15.2. The van der Waals surface area contributed by atoms with Crippen LogP contribution in [0.15, 0.2) is 48.5 Å². The summed E-state index contributed by atoms with van der Waals surface area (Å²) in [7, 11) is 0. The van der Waals surface area contributed by atoms with Crippen LogP contribution < -0.4 is 21.9 Å². The predicted octanol–water partition coefficient (Wildman–Crippen LogP) is 2.66. The minimum atomic E-state index is -0.780. The third-order valence-corrected chi connectivity index (χ3v) is 5.62. The van der Waals surface area contributed by atoms with Crippen LogP contribution in [0.3, 0.4) is 0 Å². The van der Waals surface area contributed by atoms with Crippen molar-refractivity contribution in [2.24, 2.45) is 5.84 Å². The molecule has 148 valence electrons. The lowest BCUT2D eigenvalue weighted by molar-refractivity contribution is -0.123. The molecule has 7 nitrogen and oxygen atoms in total. The first-order valence-electron chi connectivity index (χ1n) is 8.41. The van der Waals surface area contributed by atoms with Crippen molar-refractivity contribution in [3.05, 3.63) is 57.7 Å². The normalized spacial score (nSPS) is 11.4. The number of hydrogen-bond donors (Lipinski definition) is 4. The van der Waals surface area contributed by atoms with Crippen LogP contribution in [0.2, 0.25) is 0 Å². The fourth-order valence-corrected chi connectivity index (χ4v) is 3.52. The van der Waals surface area contributed by atoms with Crippen LogP contribution in [0, 0.1) is 10.5 Å². The van der Waals surface area contributed by atoms with E-state index in [4.69, 9.17) is 5.84 Å². The van der Waals surface area contributed by atoms with Gasteiger partial charge in [-0.15, -0.1) is 11.8 Å². The molecule has 2 aromatic rings. The van der Waals surface area contributed by atoms with Gasteiger partial charge in [0.15, 0.2) is 0 Å². The summed E-state index contributed by atoms with van der Waals surface area (Å²) in [6, 6.07) is 14.7. The summed E-state index contributed by atoms with van der Waals surface area (Å²) in [4.78, 5) is 36.4. The second-order valence-corrected chi connectivity index (χ2v) is 8.42. The highest BCUT2D eigenvalue weighted by atomic mass is 127. The highest BCUT2D eigenvalue weighted by Crippen LogP contribution is 2.18. The summed E-state index contributed by atoms with van der Waals surface area (Å²) in [6.45, 7) is 1.96. The van der Waals surface area contributed by atoms with Crippen molar-refractivity contribution in [2.45, 2.75) is 18.6 Å². The van der Waals surface area contributed by atoms with Gasteiger partial charge in [0.2, 0.25) is 17.7 Å². The second-order valence-electron chi connectivity index (χ2n) is 5.98. The fourth-order valence-electron chi connectivity index (χ4n) is 2.24. The Morgan fingerprint density at radius 2 is 1.50 bits per heavy atom. The van der Waals surface area contributed by atoms with Gasteiger partial charge in [0.1, 0.15) is 0 Å². The number of aryl methyl sites for hydroxylation is 1. The molecule has 0 radical (unpaired) electrons. The minimum Gasteiger partial charge on any atom is -0.326 e. The van der Waals surface area contributed by atoms with Crippen molar-refractivity contribution in [1.82, 2.24) is 5.43 Å². The molecule has 2 rings (SSSR count). The van der Waals surface area contributed by atoms with Gasteiger partial charge in [0, 0.05) is 21.4 Å². The molecule has 0 saturated carbocycles. The number of nitrogens with two attached hydrogens (primary N) is 1. The molecule has 0 heterocycles. The number of benzene rings is 2. The number of hydrazine groups is 1. The number of anilines is 2. The van der Waals surface area contributed by atoms with E-state index < -0.39 is 11.2 Å². The topological polar surface area (TPSA) is 113 Å². The molecule has 0 aromatic heterocycles. The molecule has 0 aliphatic carbocycles. The standard InChI is InChI=1S/C19H21IN4O3S/c1-12-2-6-14(7-3-12)23-18(26)11-28-16(19(27)24-21)10-17(25)22-15-8-4-13(20)5-9-15/h2-9,16H,10-11,21H2,1H3,(H,22,25)(H,23,26)(H,24,27)/t16-/m0/s1. The van der Waals surface area contributed by atoms with Crippen molar-refractivity contribution in [3.8, 4) is 0 Å². The number of carbonyl (C=O) groups is 3. The lowest BCUT2D eigenvalue weighted by Crippen LogP contribution is -2.40. The molecular formula is C19H21IN4O3S. The van der Waals surface area contributed by atoms with E-state index in [1.807, 2.05) is 36.6 Å². The van der Waals surface area contributed by atoms with Crippen molar-refractivity contribution in [3.63, 3.8) is 0 Å². The Balaban J connectivity index is 1.88. The molecular weight excluding hydrogens is 491 g/mol. The quantitative estimate of drug-likeness (QED) is 0.188. The average Bonchev–Trinajstić information content (AvgIpc) is 2.68. The zero-order chi connectivity index (χ0) is 20.5. The minimum absolute atomic E-state index is 0.0166. The molecule has 0 aliphatic rings. The van der Waals surface area contributed by atoms with Gasteiger partial charge in [-0.25, -0.2) is 5.84 Å². The third kappa shape index (κ3) is 7.49. The van der Waals surface area contributed by atoms with E-state index in [0.717, 1.165) is 20.9 Å². The Labute approximate surface area is 181 Å². The Hall–Kier alpha value is -2.11. The molecule has 28 heavy (non-hydrogen) atoms. The summed E-state index contributed by atoms with van der Waals surface area (Å²) < 4.78 is 1.05. The third-order valence-electron chi connectivity index (χ3n) is 3.68. The number of hydrogen-bond acceptors (Lipinski definition) is 5. The number of nitrogens with one attached hydrogen (secondary N) is 3. The van der Waals surface area contributed by atoms with Crippen LogP contribution in [0.4, 0.5) is 11.4 Å². The monoisotopic (exact) mass is 512 g/mol. The van der Waals surface area contributed by atoms with Crippen LogP contribution in [0.25, 0.3) is 0 Å². The summed E-state index contributed by atoms with van der Waals surface area (Å²) in [5, 5.41) is 4.71. The smallest absolute Gasteiger partial charge is 0.247 e.